The molecule has 3 rings (SSSR count). The largest absolute Gasteiger partial charge is 0.381 e. The van der Waals surface area contributed by atoms with Gasteiger partial charge in [0.15, 0.2) is 5.96 Å². The lowest BCUT2D eigenvalue weighted by Gasteiger charge is -2.21. The van der Waals surface area contributed by atoms with Crippen LogP contribution in [0.3, 0.4) is 0 Å². The normalized spacial score (nSPS) is 14.9. The Balaban J connectivity index is 0.00000341. The Bertz CT molecular complexity index is 824. The second kappa shape index (κ2) is 13.6. The van der Waals surface area contributed by atoms with Crippen LogP contribution in [0, 0.1) is 18.7 Å². The summed E-state index contributed by atoms with van der Waals surface area (Å²) in [5.74, 6) is 1.79. The fourth-order valence-electron chi connectivity index (χ4n) is 3.44. The first-order valence-corrected chi connectivity index (χ1v) is 10.6. The average molecular weight is 545 g/mol. The molecular formula is C22H33FIN5O2. The number of aliphatic imine (C=N–C) groups is 1. The van der Waals surface area contributed by atoms with Crippen molar-refractivity contribution >= 4 is 29.9 Å². The second-order valence-corrected chi connectivity index (χ2v) is 7.47. The summed E-state index contributed by atoms with van der Waals surface area (Å²) in [6.07, 6.45) is 6.51. The van der Waals surface area contributed by atoms with Crippen LogP contribution in [0.4, 0.5) is 4.39 Å². The van der Waals surface area contributed by atoms with E-state index in [2.05, 4.69) is 20.6 Å². The van der Waals surface area contributed by atoms with E-state index in [0.29, 0.717) is 24.1 Å². The number of rotatable bonds is 9. The maximum atomic E-state index is 14.5. The predicted molar refractivity (Wildman–Crippen MR) is 131 cm³/mol. The van der Waals surface area contributed by atoms with Gasteiger partial charge >= 0.3 is 0 Å². The maximum absolute atomic E-state index is 14.5. The summed E-state index contributed by atoms with van der Waals surface area (Å²) < 4.78 is 27.4. The molecule has 1 fully saturated rings. The first-order valence-electron chi connectivity index (χ1n) is 10.6. The van der Waals surface area contributed by atoms with Crippen LogP contribution in [0.15, 0.2) is 35.6 Å². The van der Waals surface area contributed by atoms with Crippen LogP contribution in [-0.2, 0) is 16.0 Å². The Hall–Kier alpha value is -1.72. The zero-order valence-corrected chi connectivity index (χ0v) is 20.6. The number of aromatic nitrogens is 2. The van der Waals surface area contributed by atoms with Crippen molar-refractivity contribution < 1.29 is 13.9 Å². The minimum Gasteiger partial charge on any atom is -0.381 e. The molecule has 1 aromatic heterocycles. The van der Waals surface area contributed by atoms with E-state index in [1.807, 2.05) is 13.0 Å². The quantitative estimate of drug-likeness (QED) is 0.219. The molecule has 7 nitrogen and oxygen atoms in total. The van der Waals surface area contributed by atoms with Crippen LogP contribution in [0.1, 0.15) is 30.7 Å². The van der Waals surface area contributed by atoms with E-state index in [0.717, 1.165) is 63.6 Å². The fourth-order valence-corrected chi connectivity index (χ4v) is 3.44. The topological polar surface area (TPSA) is 72.7 Å². The zero-order chi connectivity index (χ0) is 21.2. The molecule has 1 saturated heterocycles. The lowest BCUT2D eigenvalue weighted by atomic mass is 10.0. The van der Waals surface area contributed by atoms with Crippen LogP contribution in [0.2, 0.25) is 0 Å². The van der Waals surface area contributed by atoms with Crippen LogP contribution >= 0.6 is 24.0 Å². The molecular weight excluding hydrogens is 512 g/mol. The van der Waals surface area contributed by atoms with Gasteiger partial charge in [-0.3, -0.25) is 4.99 Å². The molecule has 31 heavy (non-hydrogen) atoms. The molecule has 172 valence electrons. The van der Waals surface area contributed by atoms with Gasteiger partial charge < -0.3 is 24.7 Å². The van der Waals surface area contributed by atoms with Crippen molar-refractivity contribution in [3.05, 3.63) is 47.8 Å². The molecule has 2 aromatic rings. The van der Waals surface area contributed by atoms with E-state index < -0.39 is 0 Å². The average Bonchev–Trinajstić information content (AvgIpc) is 3.19. The summed E-state index contributed by atoms with van der Waals surface area (Å²) in [6, 6.07) is 5.22. The van der Waals surface area contributed by atoms with Crippen molar-refractivity contribution in [1.29, 1.82) is 0 Å². The Labute approximate surface area is 200 Å². The zero-order valence-electron chi connectivity index (χ0n) is 18.3. The highest BCUT2D eigenvalue weighted by Crippen LogP contribution is 2.17. The Morgan fingerprint density at radius 2 is 2.13 bits per heavy atom. The summed E-state index contributed by atoms with van der Waals surface area (Å²) in [4.78, 5) is 8.36. The Kier molecular flexibility index (Phi) is 11.2. The molecule has 0 aliphatic carbocycles. The second-order valence-electron chi connectivity index (χ2n) is 7.47. The molecule has 0 spiro atoms. The third kappa shape index (κ3) is 8.04. The van der Waals surface area contributed by atoms with Gasteiger partial charge in [-0.05, 0) is 49.8 Å². The maximum Gasteiger partial charge on any atom is 0.191 e. The molecule has 1 aliphatic rings. The molecule has 2 heterocycles. The molecule has 0 radical (unpaired) electrons. The highest BCUT2D eigenvalue weighted by Gasteiger charge is 2.13. The third-order valence-electron chi connectivity index (χ3n) is 5.23. The van der Waals surface area contributed by atoms with Crippen LogP contribution in [0.25, 0.3) is 5.69 Å². The highest BCUT2D eigenvalue weighted by molar-refractivity contribution is 14.0. The van der Waals surface area contributed by atoms with Crippen LogP contribution < -0.4 is 10.6 Å². The van der Waals surface area contributed by atoms with Gasteiger partial charge in [-0.15, -0.1) is 24.0 Å². The number of imidazole rings is 1. The Morgan fingerprint density at radius 3 is 2.81 bits per heavy atom. The number of aryl methyl sites for hydroxylation is 1. The monoisotopic (exact) mass is 545 g/mol. The van der Waals surface area contributed by atoms with Gasteiger partial charge in [0.05, 0.1) is 5.69 Å². The number of nitrogens with one attached hydrogen (secondary N) is 2. The number of guanidine groups is 1. The number of halogens is 2. The molecule has 2 N–H and O–H groups in total. The lowest BCUT2D eigenvalue weighted by molar-refractivity contribution is 0.0203. The summed E-state index contributed by atoms with van der Waals surface area (Å²) in [7, 11) is 1.72. The van der Waals surface area contributed by atoms with Crippen molar-refractivity contribution in [2.45, 2.75) is 32.7 Å². The van der Waals surface area contributed by atoms with E-state index in [4.69, 9.17) is 9.47 Å². The smallest absolute Gasteiger partial charge is 0.191 e. The van der Waals surface area contributed by atoms with Gasteiger partial charge in [-0.1, -0.05) is 6.07 Å². The van der Waals surface area contributed by atoms with Crippen molar-refractivity contribution in [2.75, 3.05) is 40.0 Å². The first kappa shape index (κ1) is 25.5. The van der Waals surface area contributed by atoms with Gasteiger partial charge in [-0.25, -0.2) is 9.37 Å². The van der Waals surface area contributed by atoms with E-state index in [9.17, 15) is 4.39 Å². The summed E-state index contributed by atoms with van der Waals surface area (Å²) >= 11 is 0. The van der Waals surface area contributed by atoms with E-state index in [1.165, 1.54) is 0 Å². The van der Waals surface area contributed by atoms with E-state index in [1.54, 1.807) is 36.1 Å². The molecule has 0 unspecified atom stereocenters. The molecule has 0 bridgehead atoms. The van der Waals surface area contributed by atoms with Crippen LogP contribution in [0.5, 0.6) is 0 Å². The SMILES string of the molecule is CN=C(NCCCOCC1CCOCC1)NCc1ccc(-n2ccnc2C)c(F)c1.I. The minimum absolute atomic E-state index is 0. The first-order chi connectivity index (χ1) is 14.7. The van der Waals surface area contributed by atoms with Gasteiger partial charge in [-0.2, -0.15) is 0 Å². The predicted octanol–water partition coefficient (Wildman–Crippen LogP) is 3.44. The van der Waals surface area contributed by atoms with Crippen molar-refractivity contribution in [2.24, 2.45) is 10.9 Å². The van der Waals surface area contributed by atoms with E-state index >= 15 is 0 Å². The van der Waals surface area contributed by atoms with E-state index in [-0.39, 0.29) is 29.8 Å². The van der Waals surface area contributed by atoms with Crippen molar-refractivity contribution in [3.8, 4) is 5.69 Å². The minimum atomic E-state index is -0.278. The number of ether oxygens (including phenoxy) is 2. The third-order valence-corrected chi connectivity index (χ3v) is 5.23. The van der Waals surface area contributed by atoms with Gasteiger partial charge in [0, 0.05) is 59.0 Å². The fraction of sp³-hybridized carbons (Fsp3) is 0.545. The molecule has 0 amide bonds. The number of nitrogens with zero attached hydrogens (tertiary/aromatic N) is 3. The van der Waals surface area contributed by atoms with Gasteiger partial charge in [0.1, 0.15) is 11.6 Å². The standard InChI is InChI=1S/C22H32FN5O2.HI/c1-17-25-9-10-28(17)21-5-4-19(14-20(21)23)15-27-22(24-2)26-8-3-11-30-16-18-6-12-29-13-7-18;/h4-5,9-10,14,18H,3,6-8,11-13,15-16H2,1-2H3,(H2,24,26,27);1H. The van der Waals surface area contributed by atoms with Gasteiger partial charge in [0.2, 0.25) is 0 Å². The summed E-state index contributed by atoms with van der Waals surface area (Å²) in [5, 5.41) is 6.49. The van der Waals surface area contributed by atoms with Crippen LogP contribution in [-0.4, -0.2) is 55.5 Å². The Morgan fingerprint density at radius 1 is 1.32 bits per heavy atom. The van der Waals surface area contributed by atoms with Crippen molar-refractivity contribution in [3.63, 3.8) is 0 Å². The summed E-state index contributed by atoms with van der Waals surface area (Å²) in [5.41, 5.74) is 1.34. The molecule has 0 atom stereocenters. The van der Waals surface area contributed by atoms with Crippen molar-refractivity contribution in [1.82, 2.24) is 20.2 Å². The van der Waals surface area contributed by atoms with Gasteiger partial charge in [0.25, 0.3) is 0 Å². The number of hydrogen-bond acceptors (Lipinski definition) is 4. The summed E-state index contributed by atoms with van der Waals surface area (Å²) in [6.45, 7) is 6.35. The number of benzene rings is 1. The molecule has 1 aromatic carbocycles. The number of hydrogen-bond donors (Lipinski definition) is 2. The molecule has 1 aliphatic heterocycles. The lowest BCUT2D eigenvalue weighted by Crippen LogP contribution is -2.37. The molecule has 9 heteroatoms. The highest BCUT2D eigenvalue weighted by atomic mass is 127. The molecule has 0 saturated carbocycles.